The van der Waals surface area contributed by atoms with Crippen molar-refractivity contribution in [1.29, 1.82) is 0 Å². The fourth-order valence-electron chi connectivity index (χ4n) is 4.06. The minimum Gasteiger partial charge on any atom is -0.369 e. The molecule has 1 heterocycles. The van der Waals surface area contributed by atoms with Crippen LogP contribution in [-0.4, -0.2) is 43.7 Å². The van der Waals surface area contributed by atoms with Gasteiger partial charge in [-0.25, -0.2) is 4.98 Å². The minimum absolute atomic E-state index is 0.0644. The zero-order valence-corrected chi connectivity index (χ0v) is 23.4. The highest BCUT2D eigenvalue weighted by atomic mass is 28.3. The van der Waals surface area contributed by atoms with Gasteiger partial charge in [0.15, 0.2) is 0 Å². The number of ether oxygens (including phenoxy) is 1. The largest absolute Gasteiger partial charge is 0.369 e. The van der Waals surface area contributed by atoms with Crippen molar-refractivity contribution in [2.45, 2.75) is 58.7 Å². The highest BCUT2D eigenvalue weighted by molar-refractivity contribution is 6.76. The lowest BCUT2D eigenvalue weighted by Gasteiger charge is -2.25. The SMILES string of the molecule is Cc1ccc(C(=O)N(CC2CC2)c2cccc(N(C)Cc3cn(COCC[Si](C)(C)C)cn3)c2)cc1. The maximum absolute atomic E-state index is 13.4. The van der Waals surface area contributed by atoms with Crippen molar-refractivity contribution in [2.75, 3.05) is 30.0 Å². The van der Waals surface area contributed by atoms with Crippen molar-refractivity contribution in [2.24, 2.45) is 5.92 Å². The van der Waals surface area contributed by atoms with Crippen LogP contribution in [0.5, 0.6) is 0 Å². The van der Waals surface area contributed by atoms with Crippen molar-refractivity contribution in [3.63, 3.8) is 0 Å². The first-order valence-corrected chi connectivity index (χ1v) is 16.7. The third-order valence-electron chi connectivity index (χ3n) is 6.59. The van der Waals surface area contributed by atoms with E-state index in [1.165, 1.54) is 12.8 Å². The summed E-state index contributed by atoms with van der Waals surface area (Å²) in [5.41, 5.74) is 4.88. The van der Waals surface area contributed by atoms with Gasteiger partial charge in [-0.05, 0) is 62.1 Å². The molecule has 1 aromatic heterocycles. The minimum atomic E-state index is -1.08. The molecule has 1 aliphatic rings. The van der Waals surface area contributed by atoms with E-state index in [2.05, 4.69) is 54.9 Å². The van der Waals surface area contributed by atoms with Crippen LogP contribution >= 0.6 is 0 Å². The topological polar surface area (TPSA) is 50.6 Å². The third kappa shape index (κ3) is 7.55. The number of carbonyl (C=O) groups excluding carboxylic acids is 1. The summed E-state index contributed by atoms with van der Waals surface area (Å²) in [5, 5.41) is 0. The van der Waals surface area contributed by atoms with Gasteiger partial charge < -0.3 is 19.1 Å². The monoisotopic (exact) mass is 504 g/mol. The van der Waals surface area contributed by atoms with E-state index >= 15 is 0 Å². The Morgan fingerprint density at radius 1 is 1.11 bits per heavy atom. The van der Waals surface area contributed by atoms with Crippen molar-refractivity contribution >= 4 is 25.4 Å². The molecule has 0 unspecified atom stereocenters. The van der Waals surface area contributed by atoms with Crippen molar-refractivity contribution < 1.29 is 9.53 Å². The van der Waals surface area contributed by atoms with E-state index in [0.717, 1.165) is 47.4 Å². The first-order chi connectivity index (χ1) is 17.2. The number of hydrogen-bond donors (Lipinski definition) is 0. The van der Waals surface area contributed by atoms with Crippen LogP contribution in [0, 0.1) is 12.8 Å². The van der Waals surface area contributed by atoms with Crippen LogP contribution in [0.25, 0.3) is 0 Å². The number of amides is 1. The number of anilines is 2. The lowest BCUT2D eigenvalue weighted by molar-refractivity contribution is 0.0871. The maximum Gasteiger partial charge on any atom is 0.258 e. The van der Waals surface area contributed by atoms with E-state index in [0.29, 0.717) is 19.2 Å². The number of nitrogens with zero attached hydrogens (tertiary/aromatic N) is 4. The Balaban J connectivity index is 1.41. The van der Waals surface area contributed by atoms with Gasteiger partial charge in [0.05, 0.1) is 18.6 Å². The Hall–Kier alpha value is -2.90. The first-order valence-electron chi connectivity index (χ1n) is 13.0. The fraction of sp³-hybridized carbons (Fsp3) is 0.448. The van der Waals surface area contributed by atoms with E-state index in [1.54, 1.807) is 0 Å². The molecule has 6 nitrogen and oxygen atoms in total. The molecular weight excluding hydrogens is 464 g/mol. The van der Waals surface area contributed by atoms with Gasteiger partial charge in [-0.1, -0.05) is 43.4 Å². The molecule has 3 aromatic rings. The normalized spacial score (nSPS) is 13.6. The summed E-state index contributed by atoms with van der Waals surface area (Å²) >= 11 is 0. The van der Waals surface area contributed by atoms with Crippen LogP contribution in [0.3, 0.4) is 0 Å². The van der Waals surface area contributed by atoms with Crippen LogP contribution in [0.2, 0.25) is 25.7 Å². The van der Waals surface area contributed by atoms with Crippen LogP contribution in [-0.2, 0) is 18.0 Å². The summed E-state index contributed by atoms with van der Waals surface area (Å²) in [4.78, 5) is 22.1. The van der Waals surface area contributed by atoms with Crippen LogP contribution in [0.1, 0.15) is 34.5 Å². The molecule has 4 rings (SSSR count). The number of aromatic nitrogens is 2. The zero-order chi connectivity index (χ0) is 25.7. The van der Waals surface area contributed by atoms with Crippen molar-refractivity contribution in [3.05, 3.63) is 77.9 Å². The van der Waals surface area contributed by atoms with E-state index in [-0.39, 0.29) is 5.91 Å². The Bertz CT molecular complexity index is 1150. The zero-order valence-electron chi connectivity index (χ0n) is 22.4. The average Bonchev–Trinajstić information content (AvgIpc) is 3.56. The molecule has 0 atom stereocenters. The molecule has 0 N–H and O–H groups in total. The molecule has 1 aliphatic carbocycles. The molecule has 0 aliphatic heterocycles. The number of rotatable bonds is 12. The summed E-state index contributed by atoms with van der Waals surface area (Å²) in [6, 6.07) is 17.3. The standard InChI is InChI=1S/C29H40N4O2Si/c1-23-9-13-25(14-10-23)29(34)33(18-24-11-12-24)28-8-6-7-27(17-28)31(2)19-26-20-32(21-30-26)22-35-15-16-36(3,4)5/h6-10,13-14,17,20-21,24H,11-12,15-16,18-19,22H2,1-5H3. The second kappa shape index (κ2) is 11.4. The van der Waals surface area contributed by atoms with Gasteiger partial charge >= 0.3 is 0 Å². The van der Waals surface area contributed by atoms with E-state index in [1.807, 2.05) is 59.1 Å². The van der Waals surface area contributed by atoms with Crippen molar-refractivity contribution in [1.82, 2.24) is 9.55 Å². The van der Waals surface area contributed by atoms with E-state index in [4.69, 9.17) is 4.74 Å². The quantitative estimate of drug-likeness (QED) is 0.218. The lowest BCUT2D eigenvalue weighted by atomic mass is 10.1. The highest BCUT2D eigenvalue weighted by Gasteiger charge is 2.28. The molecule has 1 fully saturated rings. The molecule has 1 saturated carbocycles. The molecule has 7 heteroatoms. The second-order valence-electron chi connectivity index (χ2n) is 11.3. The smallest absolute Gasteiger partial charge is 0.258 e. The highest BCUT2D eigenvalue weighted by Crippen LogP contribution is 2.33. The number of carbonyl (C=O) groups is 1. The maximum atomic E-state index is 13.4. The predicted molar refractivity (Wildman–Crippen MR) is 150 cm³/mol. The van der Waals surface area contributed by atoms with Crippen molar-refractivity contribution in [3.8, 4) is 0 Å². The van der Waals surface area contributed by atoms with Gasteiger partial charge in [0.2, 0.25) is 0 Å². The summed E-state index contributed by atoms with van der Waals surface area (Å²) in [6.07, 6.45) is 6.28. The Labute approximate surface area is 216 Å². The first kappa shape index (κ1) is 26.2. The molecule has 0 saturated heterocycles. The van der Waals surface area contributed by atoms with Crippen LogP contribution in [0.15, 0.2) is 61.1 Å². The Morgan fingerprint density at radius 3 is 2.53 bits per heavy atom. The molecule has 192 valence electrons. The molecule has 2 aromatic carbocycles. The van der Waals surface area contributed by atoms with Gasteiger partial charge in [-0.2, -0.15) is 0 Å². The molecule has 0 radical (unpaired) electrons. The number of imidazole rings is 1. The van der Waals surface area contributed by atoms with Gasteiger partial charge in [-0.3, -0.25) is 4.79 Å². The molecule has 0 bridgehead atoms. The fourth-order valence-corrected chi connectivity index (χ4v) is 4.81. The van der Waals surface area contributed by atoms with E-state index in [9.17, 15) is 4.79 Å². The Kier molecular flexibility index (Phi) is 8.31. The van der Waals surface area contributed by atoms with Gasteiger partial charge in [0.25, 0.3) is 5.91 Å². The van der Waals surface area contributed by atoms with Gasteiger partial charge in [0.1, 0.15) is 6.73 Å². The Morgan fingerprint density at radius 2 is 1.83 bits per heavy atom. The molecule has 36 heavy (non-hydrogen) atoms. The third-order valence-corrected chi connectivity index (χ3v) is 8.29. The second-order valence-corrected chi connectivity index (χ2v) is 16.9. The summed E-state index contributed by atoms with van der Waals surface area (Å²) in [6.45, 7) is 11.9. The number of benzene rings is 2. The van der Waals surface area contributed by atoms with Crippen LogP contribution in [0.4, 0.5) is 11.4 Å². The van der Waals surface area contributed by atoms with Crippen LogP contribution < -0.4 is 9.80 Å². The van der Waals surface area contributed by atoms with Gasteiger partial charge in [0, 0.05) is 51.4 Å². The van der Waals surface area contributed by atoms with E-state index < -0.39 is 8.07 Å². The molecule has 0 spiro atoms. The average molecular weight is 505 g/mol. The summed E-state index contributed by atoms with van der Waals surface area (Å²) in [5.74, 6) is 0.660. The number of hydrogen-bond acceptors (Lipinski definition) is 4. The molecule has 1 amide bonds. The lowest BCUT2D eigenvalue weighted by Crippen LogP contribution is -2.33. The van der Waals surface area contributed by atoms with Gasteiger partial charge in [-0.15, -0.1) is 0 Å². The predicted octanol–water partition coefficient (Wildman–Crippen LogP) is 6.20. The summed E-state index contributed by atoms with van der Waals surface area (Å²) in [7, 11) is 0.987. The summed E-state index contributed by atoms with van der Waals surface area (Å²) < 4.78 is 7.85. The number of aryl methyl sites for hydroxylation is 1. The molecular formula is C29H40N4O2Si.